The monoisotopic (exact) mass is 413 g/mol. The van der Waals surface area contributed by atoms with Crippen LogP contribution in [0.5, 0.6) is 0 Å². The normalized spacial score (nSPS) is 26.7. The molecule has 3 nitrogen and oxygen atoms in total. The van der Waals surface area contributed by atoms with Gasteiger partial charge in [-0.3, -0.25) is 4.48 Å². The van der Waals surface area contributed by atoms with Crippen LogP contribution in [0.15, 0.2) is 47.4 Å². The van der Waals surface area contributed by atoms with Crippen molar-refractivity contribution in [2.45, 2.75) is 49.6 Å². The predicted octanol–water partition coefficient (Wildman–Crippen LogP) is 5.11. The number of amides is 1. The zero-order valence-electron chi connectivity index (χ0n) is 17.3. The summed E-state index contributed by atoms with van der Waals surface area (Å²) in [6.45, 7) is 4.76. The first kappa shape index (κ1) is 20.6. The Bertz CT molecular complexity index is 879. The number of rotatable bonds is 5. The van der Waals surface area contributed by atoms with Gasteiger partial charge in [0.2, 0.25) is 0 Å². The molecule has 4 rings (SSSR count). The predicted molar refractivity (Wildman–Crippen MR) is 118 cm³/mol. The van der Waals surface area contributed by atoms with Crippen LogP contribution < -0.4 is 5.32 Å². The standard InChI is InChI=1S/C24H30FN2OS/c1-17-5-4-14-27(17,16-20-6-3-13-26-20)24(28)22-12-9-19(15-23(22)25)18-7-10-21(29-2)11-8-18/h7-12,15,17,20,26H,3-6,13-14,16H2,1-2H3/q+1/t17-,20+,27?/m1/s1. The molecule has 154 valence electrons. The molecule has 2 fully saturated rings. The quantitative estimate of drug-likeness (QED) is 0.546. The Balaban J connectivity index is 1.62. The van der Waals surface area contributed by atoms with Crippen molar-refractivity contribution >= 4 is 17.7 Å². The van der Waals surface area contributed by atoms with Crippen LogP contribution in [0, 0.1) is 5.82 Å². The van der Waals surface area contributed by atoms with Crippen molar-refractivity contribution in [2.24, 2.45) is 0 Å². The van der Waals surface area contributed by atoms with Crippen LogP contribution in [0.1, 0.15) is 43.0 Å². The van der Waals surface area contributed by atoms with E-state index in [4.69, 9.17) is 0 Å². The number of hydrogen-bond donors (Lipinski definition) is 1. The molecule has 0 spiro atoms. The van der Waals surface area contributed by atoms with Crippen molar-refractivity contribution in [3.05, 3.63) is 53.8 Å². The fourth-order valence-electron chi connectivity index (χ4n) is 4.99. The Hall–Kier alpha value is -1.69. The molecule has 0 radical (unpaired) electrons. The molecular formula is C24H30FN2OS+. The van der Waals surface area contributed by atoms with E-state index in [1.807, 2.05) is 36.6 Å². The van der Waals surface area contributed by atoms with E-state index in [2.05, 4.69) is 12.2 Å². The molecule has 1 N–H and O–H groups in total. The van der Waals surface area contributed by atoms with Crippen LogP contribution in [0.25, 0.3) is 11.1 Å². The third kappa shape index (κ3) is 4.00. The molecule has 0 bridgehead atoms. The second-order valence-corrected chi connectivity index (χ2v) is 9.33. The number of quaternary nitrogens is 1. The second kappa shape index (κ2) is 8.58. The summed E-state index contributed by atoms with van der Waals surface area (Å²) < 4.78 is 15.5. The van der Waals surface area contributed by atoms with Gasteiger partial charge in [0.05, 0.1) is 18.6 Å². The Kier molecular flexibility index (Phi) is 6.09. The van der Waals surface area contributed by atoms with E-state index in [0.717, 1.165) is 56.4 Å². The lowest BCUT2D eigenvalue weighted by molar-refractivity contribution is -0.860. The highest BCUT2D eigenvalue weighted by Crippen LogP contribution is 2.33. The summed E-state index contributed by atoms with van der Waals surface area (Å²) in [6.07, 6.45) is 6.36. The summed E-state index contributed by atoms with van der Waals surface area (Å²) in [4.78, 5) is 14.8. The smallest absolute Gasteiger partial charge is 0.309 e. The molecule has 3 atom stereocenters. The molecule has 2 aromatic rings. The lowest BCUT2D eigenvalue weighted by Crippen LogP contribution is -2.59. The topological polar surface area (TPSA) is 29.1 Å². The third-order valence-electron chi connectivity index (χ3n) is 6.76. The average Bonchev–Trinajstić information content (AvgIpc) is 3.38. The Labute approximate surface area is 177 Å². The van der Waals surface area contributed by atoms with Gasteiger partial charge in [-0.15, -0.1) is 11.8 Å². The first-order valence-electron chi connectivity index (χ1n) is 10.6. The molecule has 1 unspecified atom stereocenters. The van der Waals surface area contributed by atoms with Crippen LogP contribution in [-0.2, 0) is 0 Å². The van der Waals surface area contributed by atoms with E-state index in [9.17, 15) is 4.79 Å². The number of nitrogens with zero attached hydrogens (tertiary/aromatic N) is 1. The van der Waals surface area contributed by atoms with Crippen LogP contribution in [0.2, 0.25) is 0 Å². The summed E-state index contributed by atoms with van der Waals surface area (Å²) in [5, 5.41) is 3.53. The van der Waals surface area contributed by atoms with Crippen molar-refractivity contribution in [1.29, 1.82) is 0 Å². The first-order chi connectivity index (χ1) is 14.0. The van der Waals surface area contributed by atoms with Crippen LogP contribution in [0.4, 0.5) is 4.39 Å². The number of benzene rings is 2. The summed E-state index contributed by atoms with van der Waals surface area (Å²) in [5.74, 6) is -0.456. The first-order valence-corrected chi connectivity index (χ1v) is 11.8. The summed E-state index contributed by atoms with van der Waals surface area (Å²) in [5.41, 5.74) is 2.01. The third-order valence-corrected chi connectivity index (χ3v) is 7.50. The van der Waals surface area contributed by atoms with Crippen LogP contribution in [0.3, 0.4) is 0 Å². The molecule has 0 saturated carbocycles. The zero-order chi connectivity index (χ0) is 20.4. The lowest BCUT2D eigenvalue weighted by atomic mass is 10.0. The molecule has 5 heteroatoms. The molecule has 2 aromatic carbocycles. The van der Waals surface area contributed by atoms with Gasteiger partial charge >= 0.3 is 5.91 Å². The van der Waals surface area contributed by atoms with Gasteiger partial charge in [0.1, 0.15) is 17.9 Å². The Morgan fingerprint density at radius 3 is 2.48 bits per heavy atom. The minimum Gasteiger partial charge on any atom is -0.309 e. The molecule has 2 heterocycles. The van der Waals surface area contributed by atoms with Crippen molar-refractivity contribution < 1.29 is 13.7 Å². The van der Waals surface area contributed by atoms with E-state index in [-0.39, 0.29) is 17.5 Å². The van der Waals surface area contributed by atoms with E-state index >= 15 is 4.39 Å². The number of halogens is 1. The summed E-state index contributed by atoms with van der Waals surface area (Å²) in [6, 6.07) is 13.8. The molecule has 1 amide bonds. The maximum Gasteiger partial charge on any atom is 0.349 e. The number of hydrogen-bond acceptors (Lipinski definition) is 3. The van der Waals surface area contributed by atoms with Crippen molar-refractivity contribution in [1.82, 2.24) is 5.32 Å². The van der Waals surface area contributed by atoms with Crippen molar-refractivity contribution in [3.63, 3.8) is 0 Å². The van der Waals surface area contributed by atoms with Gasteiger partial charge in [-0.1, -0.05) is 18.2 Å². The number of thioether (sulfide) groups is 1. The summed E-state index contributed by atoms with van der Waals surface area (Å²) >= 11 is 1.68. The SMILES string of the molecule is CSc1ccc(-c2ccc(C(=O)[N+]3(C[C@@H]4CCCN4)CCC[C@H]3C)c(F)c2)cc1. The Morgan fingerprint density at radius 1 is 1.14 bits per heavy atom. The molecular weight excluding hydrogens is 383 g/mol. The van der Waals surface area contributed by atoms with Gasteiger partial charge in [-0.05, 0) is 68.0 Å². The minimum atomic E-state index is -0.405. The molecule has 29 heavy (non-hydrogen) atoms. The zero-order valence-corrected chi connectivity index (χ0v) is 18.1. The summed E-state index contributed by atoms with van der Waals surface area (Å²) in [7, 11) is 0. The molecule has 0 aliphatic carbocycles. The average molecular weight is 414 g/mol. The largest absolute Gasteiger partial charge is 0.349 e. The van der Waals surface area contributed by atoms with E-state index in [0.29, 0.717) is 10.5 Å². The number of nitrogens with one attached hydrogen (secondary N) is 1. The fourth-order valence-corrected chi connectivity index (χ4v) is 5.40. The van der Waals surface area contributed by atoms with E-state index < -0.39 is 5.82 Å². The van der Waals surface area contributed by atoms with E-state index in [1.54, 1.807) is 17.8 Å². The van der Waals surface area contributed by atoms with Gasteiger partial charge in [0.25, 0.3) is 0 Å². The van der Waals surface area contributed by atoms with Gasteiger partial charge in [0, 0.05) is 17.7 Å². The van der Waals surface area contributed by atoms with Gasteiger partial charge < -0.3 is 5.32 Å². The maximum atomic E-state index is 15.1. The Morgan fingerprint density at radius 2 is 1.90 bits per heavy atom. The van der Waals surface area contributed by atoms with Crippen LogP contribution in [-0.4, -0.2) is 48.4 Å². The molecule has 0 aromatic heterocycles. The number of carbonyl (C=O) groups is 1. The van der Waals surface area contributed by atoms with Gasteiger partial charge in [-0.25, -0.2) is 9.18 Å². The molecule has 2 aliphatic heterocycles. The van der Waals surface area contributed by atoms with Crippen molar-refractivity contribution in [2.75, 3.05) is 25.9 Å². The maximum absolute atomic E-state index is 15.1. The fraction of sp³-hybridized carbons (Fsp3) is 0.458. The minimum absolute atomic E-state index is 0.0505. The van der Waals surface area contributed by atoms with E-state index in [1.165, 1.54) is 11.0 Å². The van der Waals surface area contributed by atoms with Gasteiger partial charge in [-0.2, -0.15) is 0 Å². The highest BCUT2D eigenvalue weighted by atomic mass is 32.2. The highest BCUT2D eigenvalue weighted by Gasteiger charge is 2.48. The van der Waals surface area contributed by atoms with Gasteiger partial charge in [0.15, 0.2) is 0 Å². The van der Waals surface area contributed by atoms with Crippen LogP contribution >= 0.6 is 11.8 Å². The number of likely N-dealkylation sites (tertiary alicyclic amines) is 1. The molecule has 2 aliphatic rings. The highest BCUT2D eigenvalue weighted by molar-refractivity contribution is 7.98. The van der Waals surface area contributed by atoms with Crippen molar-refractivity contribution in [3.8, 4) is 11.1 Å². The lowest BCUT2D eigenvalue weighted by Gasteiger charge is -2.38. The molecule has 2 saturated heterocycles. The second-order valence-electron chi connectivity index (χ2n) is 8.45. The number of carbonyl (C=O) groups excluding carboxylic acids is 1.